The number of hydrogen-bond acceptors (Lipinski definition) is 4. The van der Waals surface area contributed by atoms with Crippen LogP contribution in [0.4, 0.5) is 0 Å². The highest BCUT2D eigenvalue weighted by Gasteiger charge is 2.18. The van der Waals surface area contributed by atoms with E-state index in [1.54, 1.807) is 11.3 Å². The molecular formula is C12H19ClN2OS. The molecule has 17 heavy (non-hydrogen) atoms. The van der Waals surface area contributed by atoms with Gasteiger partial charge in [-0.15, -0.1) is 22.9 Å². The molecule has 0 aromatic carbocycles. The Balaban J connectivity index is 1.76. The highest BCUT2D eigenvalue weighted by molar-refractivity contribution is 7.09. The molecule has 0 radical (unpaired) electrons. The Morgan fingerprint density at radius 3 is 2.94 bits per heavy atom. The summed E-state index contributed by atoms with van der Waals surface area (Å²) in [6.45, 7) is 2.88. The van der Waals surface area contributed by atoms with E-state index in [1.165, 1.54) is 5.01 Å². The van der Waals surface area contributed by atoms with Crippen molar-refractivity contribution in [2.24, 2.45) is 0 Å². The third kappa shape index (κ3) is 3.91. The van der Waals surface area contributed by atoms with Crippen molar-refractivity contribution in [2.45, 2.75) is 31.2 Å². The first-order valence-corrected chi connectivity index (χ1v) is 7.48. The molecule has 1 aliphatic heterocycles. The second-order valence-corrected chi connectivity index (χ2v) is 5.65. The van der Waals surface area contributed by atoms with Crippen LogP contribution in [-0.2, 0) is 17.0 Å². The Morgan fingerprint density at radius 1 is 1.53 bits per heavy atom. The summed E-state index contributed by atoms with van der Waals surface area (Å²) in [5.41, 5.74) is 1.00. The van der Waals surface area contributed by atoms with E-state index in [0.29, 0.717) is 11.9 Å². The van der Waals surface area contributed by atoms with Gasteiger partial charge in [-0.3, -0.25) is 0 Å². The van der Waals surface area contributed by atoms with Crippen LogP contribution in [0.1, 0.15) is 23.5 Å². The van der Waals surface area contributed by atoms with Crippen LogP contribution in [0, 0.1) is 0 Å². The predicted molar refractivity (Wildman–Crippen MR) is 71.8 cm³/mol. The SMILES string of the molecule is CN(CCc1nc(CCl)cs1)C1CCOCC1. The number of thiazole rings is 1. The molecule has 1 aromatic rings. The van der Waals surface area contributed by atoms with Crippen molar-refractivity contribution in [1.82, 2.24) is 9.88 Å². The molecular weight excluding hydrogens is 256 g/mol. The van der Waals surface area contributed by atoms with Crippen molar-refractivity contribution in [2.75, 3.05) is 26.8 Å². The number of nitrogens with zero attached hydrogens (tertiary/aromatic N) is 2. The minimum absolute atomic E-state index is 0.520. The molecule has 1 saturated heterocycles. The van der Waals surface area contributed by atoms with Crippen LogP contribution in [0.5, 0.6) is 0 Å². The standard InChI is InChI=1S/C12H19ClN2OS/c1-15(11-3-6-16-7-4-11)5-2-12-14-10(8-13)9-17-12/h9,11H,2-8H2,1H3. The molecule has 1 fully saturated rings. The molecule has 3 nitrogen and oxygen atoms in total. The van der Waals surface area contributed by atoms with Crippen molar-refractivity contribution in [3.8, 4) is 0 Å². The maximum Gasteiger partial charge on any atom is 0.0941 e. The first kappa shape index (κ1) is 13.3. The molecule has 1 aliphatic rings. The summed E-state index contributed by atoms with van der Waals surface area (Å²) in [5.74, 6) is 0.520. The number of hydrogen-bond donors (Lipinski definition) is 0. The maximum atomic E-state index is 5.74. The van der Waals surface area contributed by atoms with E-state index in [4.69, 9.17) is 16.3 Å². The van der Waals surface area contributed by atoms with Gasteiger partial charge in [0, 0.05) is 37.6 Å². The summed E-state index contributed by atoms with van der Waals surface area (Å²) >= 11 is 7.46. The Hall–Kier alpha value is -0.160. The van der Waals surface area contributed by atoms with Gasteiger partial charge in [0.1, 0.15) is 0 Å². The zero-order valence-electron chi connectivity index (χ0n) is 10.2. The molecule has 5 heteroatoms. The largest absolute Gasteiger partial charge is 0.381 e. The number of alkyl halides is 1. The van der Waals surface area contributed by atoms with E-state index >= 15 is 0 Å². The molecule has 0 atom stereocenters. The van der Waals surface area contributed by atoms with Gasteiger partial charge in [-0.25, -0.2) is 4.98 Å². The van der Waals surface area contributed by atoms with Crippen LogP contribution >= 0.6 is 22.9 Å². The van der Waals surface area contributed by atoms with E-state index in [0.717, 1.165) is 44.7 Å². The lowest BCUT2D eigenvalue weighted by atomic mass is 10.1. The Morgan fingerprint density at radius 2 is 2.29 bits per heavy atom. The Labute approximate surface area is 112 Å². The quantitative estimate of drug-likeness (QED) is 0.772. The second-order valence-electron chi connectivity index (χ2n) is 4.44. The van der Waals surface area contributed by atoms with Gasteiger partial charge in [0.05, 0.1) is 16.6 Å². The van der Waals surface area contributed by atoms with Crippen molar-refractivity contribution >= 4 is 22.9 Å². The second kappa shape index (κ2) is 6.69. The van der Waals surface area contributed by atoms with Gasteiger partial charge in [0.25, 0.3) is 0 Å². The number of halogens is 1. The number of likely N-dealkylation sites (N-methyl/N-ethyl adjacent to an activating group) is 1. The predicted octanol–water partition coefficient (Wildman–Crippen LogP) is 2.54. The van der Waals surface area contributed by atoms with Crippen LogP contribution in [0.3, 0.4) is 0 Å². The first-order chi connectivity index (χ1) is 8.29. The van der Waals surface area contributed by atoms with E-state index in [1.807, 2.05) is 0 Å². The zero-order chi connectivity index (χ0) is 12.1. The summed E-state index contributed by atoms with van der Waals surface area (Å²) in [6, 6.07) is 0.677. The van der Waals surface area contributed by atoms with Crippen LogP contribution in [0.25, 0.3) is 0 Å². The smallest absolute Gasteiger partial charge is 0.0941 e. The van der Waals surface area contributed by atoms with E-state index in [9.17, 15) is 0 Å². The van der Waals surface area contributed by atoms with Crippen LogP contribution in [0.2, 0.25) is 0 Å². The lowest BCUT2D eigenvalue weighted by molar-refractivity contribution is 0.0434. The zero-order valence-corrected chi connectivity index (χ0v) is 11.8. The van der Waals surface area contributed by atoms with E-state index < -0.39 is 0 Å². The Kier molecular flexibility index (Phi) is 5.22. The molecule has 96 valence electrons. The van der Waals surface area contributed by atoms with Gasteiger partial charge in [0.2, 0.25) is 0 Å². The molecule has 0 unspecified atom stereocenters. The minimum Gasteiger partial charge on any atom is -0.381 e. The number of rotatable bonds is 5. The maximum absolute atomic E-state index is 5.74. The minimum atomic E-state index is 0.520. The summed E-state index contributed by atoms with van der Waals surface area (Å²) < 4.78 is 5.38. The van der Waals surface area contributed by atoms with Gasteiger partial charge >= 0.3 is 0 Å². The average molecular weight is 275 g/mol. The van der Waals surface area contributed by atoms with Gasteiger partial charge in [0.15, 0.2) is 0 Å². The molecule has 2 heterocycles. The van der Waals surface area contributed by atoms with Gasteiger partial charge in [-0.1, -0.05) is 0 Å². The summed E-state index contributed by atoms with van der Waals surface area (Å²) in [6.07, 6.45) is 3.33. The Bertz CT molecular complexity index is 339. The fraction of sp³-hybridized carbons (Fsp3) is 0.750. The normalized spacial score (nSPS) is 17.8. The molecule has 0 amide bonds. The van der Waals surface area contributed by atoms with Crippen molar-refractivity contribution in [3.63, 3.8) is 0 Å². The average Bonchev–Trinajstić information content (AvgIpc) is 2.85. The van der Waals surface area contributed by atoms with Gasteiger partial charge < -0.3 is 9.64 Å². The molecule has 0 saturated carbocycles. The van der Waals surface area contributed by atoms with Gasteiger partial charge in [-0.05, 0) is 19.9 Å². The fourth-order valence-corrected chi connectivity index (χ4v) is 3.12. The number of aromatic nitrogens is 1. The molecule has 1 aromatic heterocycles. The molecule has 0 spiro atoms. The lowest BCUT2D eigenvalue weighted by Gasteiger charge is -2.30. The third-order valence-corrected chi connectivity index (χ3v) is 4.46. The first-order valence-electron chi connectivity index (χ1n) is 6.07. The van der Waals surface area contributed by atoms with Crippen LogP contribution in [-0.4, -0.2) is 42.7 Å². The molecule has 2 rings (SSSR count). The van der Waals surface area contributed by atoms with Crippen LogP contribution in [0.15, 0.2) is 5.38 Å². The summed E-state index contributed by atoms with van der Waals surface area (Å²) in [4.78, 5) is 6.92. The summed E-state index contributed by atoms with van der Waals surface area (Å²) in [7, 11) is 2.20. The molecule has 0 N–H and O–H groups in total. The highest BCUT2D eigenvalue weighted by atomic mass is 35.5. The van der Waals surface area contributed by atoms with Crippen molar-refractivity contribution in [1.29, 1.82) is 0 Å². The van der Waals surface area contributed by atoms with Gasteiger partial charge in [-0.2, -0.15) is 0 Å². The van der Waals surface area contributed by atoms with Crippen molar-refractivity contribution < 1.29 is 4.74 Å². The van der Waals surface area contributed by atoms with E-state index in [2.05, 4.69) is 22.3 Å². The van der Waals surface area contributed by atoms with Crippen LogP contribution < -0.4 is 0 Å². The third-order valence-electron chi connectivity index (χ3n) is 3.23. The van der Waals surface area contributed by atoms with Crippen molar-refractivity contribution in [3.05, 3.63) is 16.1 Å². The summed E-state index contributed by atoms with van der Waals surface area (Å²) in [5, 5.41) is 3.25. The highest BCUT2D eigenvalue weighted by Crippen LogP contribution is 2.15. The molecule has 0 bridgehead atoms. The monoisotopic (exact) mass is 274 g/mol. The van der Waals surface area contributed by atoms with E-state index in [-0.39, 0.29) is 0 Å². The lowest BCUT2D eigenvalue weighted by Crippen LogP contribution is -2.37. The topological polar surface area (TPSA) is 25.4 Å². The number of ether oxygens (including phenoxy) is 1. The molecule has 0 aliphatic carbocycles. The fourth-order valence-electron chi connectivity index (χ4n) is 2.11.